The van der Waals surface area contributed by atoms with Crippen LogP contribution in [0.15, 0.2) is 36.5 Å². The van der Waals surface area contributed by atoms with Crippen LogP contribution in [0.5, 0.6) is 0 Å². The Labute approximate surface area is 135 Å². The monoisotopic (exact) mass is 308 g/mol. The summed E-state index contributed by atoms with van der Waals surface area (Å²) in [5.74, 6) is 0.0196. The van der Waals surface area contributed by atoms with Crippen LogP contribution in [0.4, 0.5) is 5.69 Å². The lowest BCUT2D eigenvalue weighted by atomic mass is 9.97. The molecule has 3 rings (SSSR count). The first-order chi connectivity index (χ1) is 11.3. The maximum Gasteiger partial charge on any atom is 0.228 e. The molecular weight excluding hydrogens is 288 g/mol. The molecule has 0 radical (unpaired) electrons. The highest BCUT2D eigenvalue weighted by molar-refractivity contribution is 6.01. The smallest absolute Gasteiger partial charge is 0.228 e. The molecular formula is C18H20N4O. The summed E-state index contributed by atoms with van der Waals surface area (Å²) in [4.78, 5) is 19.2. The van der Waals surface area contributed by atoms with Crippen LogP contribution >= 0.6 is 0 Å². The Bertz CT molecular complexity index is 732. The number of nitrogens with one attached hydrogen (secondary N) is 1. The number of para-hydroxylation sites is 1. The van der Waals surface area contributed by atoms with Crippen molar-refractivity contribution in [3.05, 3.63) is 36.5 Å². The fourth-order valence-electron chi connectivity index (χ4n) is 3.12. The highest BCUT2D eigenvalue weighted by Gasteiger charge is 2.25. The Morgan fingerprint density at radius 1 is 1.39 bits per heavy atom. The van der Waals surface area contributed by atoms with Gasteiger partial charge in [-0.3, -0.25) is 9.78 Å². The number of likely N-dealkylation sites (tertiary alicyclic amines) is 1. The molecule has 1 fully saturated rings. The van der Waals surface area contributed by atoms with Gasteiger partial charge >= 0.3 is 0 Å². The molecule has 1 amide bonds. The second-order valence-corrected chi connectivity index (χ2v) is 5.92. The number of aromatic nitrogens is 1. The minimum Gasteiger partial charge on any atom is -0.324 e. The van der Waals surface area contributed by atoms with Crippen LogP contribution < -0.4 is 5.32 Å². The van der Waals surface area contributed by atoms with E-state index in [-0.39, 0.29) is 11.8 Å². The maximum atomic E-state index is 12.6. The standard InChI is InChI=1S/C18H20N4O/c19-9-4-12-22-11-3-7-15(13-22)18(23)21-16-8-1-5-14-6-2-10-20-17(14)16/h1-2,5-6,8,10,15H,3-4,7,11-13H2,(H,21,23). The van der Waals surface area contributed by atoms with Crippen LogP contribution in [-0.2, 0) is 4.79 Å². The molecule has 1 aliphatic rings. The van der Waals surface area contributed by atoms with Crippen molar-refractivity contribution in [2.75, 3.05) is 25.0 Å². The predicted molar refractivity (Wildman–Crippen MR) is 89.8 cm³/mol. The van der Waals surface area contributed by atoms with E-state index in [1.807, 2.05) is 30.3 Å². The fourth-order valence-corrected chi connectivity index (χ4v) is 3.12. The summed E-state index contributed by atoms with van der Waals surface area (Å²) in [6.45, 7) is 2.45. The molecule has 2 heterocycles. The van der Waals surface area contributed by atoms with Crippen LogP contribution in [0.25, 0.3) is 10.9 Å². The Morgan fingerprint density at radius 2 is 2.26 bits per heavy atom. The largest absolute Gasteiger partial charge is 0.324 e. The molecule has 1 aromatic heterocycles. The zero-order chi connectivity index (χ0) is 16.1. The second-order valence-electron chi connectivity index (χ2n) is 5.92. The van der Waals surface area contributed by atoms with E-state index in [9.17, 15) is 4.79 Å². The van der Waals surface area contributed by atoms with Gasteiger partial charge in [0.25, 0.3) is 0 Å². The number of hydrogen-bond acceptors (Lipinski definition) is 4. The van der Waals surface area contributed by atoms with Gasteiger partial charge in [0.15, 0.2) is 0 Å². The van der Waals surface area contributed by atoms with E-state index in [1.165, 1.54) is 0 Å². The lowest BCUT2D eigenvalue weighted by molar-refractivity contribution is -0.121. The molecule has 1 N–H and O–H groups in total. The molecule has 1 atom stereocenters. The van der Waals surface area contributed by atoms with Crippen molar-refractivity contribution < 1.29 is 4.79 Å². The molecule has 1 aliphatic heterocycles. The van der Waals surface area contributed by atoms with Gasteiger partial charge < -0.3 is 10.2 Å². The van der Waals surface area contributed by atoms with Crippen molar-refractivity contribution in [3.8, 4) is 6.07 Å². The molecule has 5 heteroatoms. The SMILES string of the molecule is N#CCCN1CCCC(C(=O)Nc2cccc3cccnc23)C1. The van der Waals surface area contributed by atoms with Crippen molar-refractivity contribution in [2.24, 2.45) is 5.92 Å². The van der Waals surface area contributed by atoms with E-state index in [1.54, 1.807) is 6.20 Å². The number of rotatable bonds is 4. The van der Waals surface area contributed by atoms with Crippen LogP contribution in [0.2, 0.25) is 0 Å². The number of pyridine rings is 1. The molecule has 1 aromatic carbocycles. The number of carbonyl (C=O) groups excluding carboxylic acids is 1. The van der Waals surface area contributed by atoms with Crippen LogP contribution in [0.1, 0.15) is 19.3 Å². The number of hydrogen-bond donors (Lipinski definition) is 1. The van der Waals surface area contributed by atoms with Gasteiger partial charge in [0, 0.05) is 31.1 Å². The summed E-state index contributed by atoms with van der Waals surface area (Å²) >= 11 is 0. The first-order valence-corrected chi connectivity index (χ1v) is 8.02. The normalized spacial score (nSPS) is 18.5. The number of benzene rings is 1. The Hall–Kier alpha value is -2.45. The molecule has 5 nitrogen and oxygen atoms in total. The molecule has 1 unspecified atom stereocenters. The molecule has 118 valence electrons. The number of nitrogens with zero attached hydrogens (tertiary/aromatic N) is 3. The van der Waals surface area contributed by atoms with Gasteiger partial charge in [-0.15, -0.1) is 0 Å². The third kappa shape index (κ3) is 3.66. The molecule has 23 heavy (non-hydrogen) atoms. The van der Waals surface area contributed by atoms with E-state index in [2.05, 4.69) is 21.3 Å². The van der Waals surface area contributed by atoms with Gasteiger partial charge in [-0.1, -0.05) is 18.2 Å². The quantitative estimate of drug-likeness (QED) is 0.943. The van der Waals surface area contributed by atoms with Crippen molar-refractivity contribution in [2.45, 2.75) is 19.3 Å². The molecule has 0 bridgehead atoms. The number of anilines is 1. The molecule has 2 aromatic rings. The summed E-state index contributed by atoms with van der Waals surface area (Å²) in [6, 6.07) is 11.9. The Balaban J connectivity index is 1.70. The lowest BCUT2D eigenvalue weighted by Gasteiger charge is -2.31. The average molecular weight is 308 g/mol. The van der Waals surface area contributed by atoms with Gasteiger partial charge in [0.05, 0.1) is 23.2 Å². The van der Waals surface area contributed by atoms with Crippen LogP contribution in [0.3, 0.4) is 0 Å². The molecule has 0 spiro atoms. The number of fused-ring (bicyclic) bond motifs is 1. The van der Waals surface area contributed by atoms with Gasteiger partial charge in [0.2, 0.25) is 5.91 Å². The maximum absolute atomic E-state index is 12.6. The van der Waals surface area contributed by atoms with Crippen molar-refractivity contribution in [1.82, 2.24) is 9.88 Å². The third-order valence-electron chi connectivity index (χ3n) is 4.31. The minimum absolute atomic E-state index is 0.0265. The van der Waals surface area contributed by atoms with Crippen molar-refractivity contribution in [1.29, 1.82) is 5.26 Å². The van der Waals surface area contributed by atoms with E-state index in [4.69, 9.17) is 5.26 Å². The number of piperidine rings is 1. The van der Waals surface area contributed by atoms with Gasteiger partial charge in [-0.2, -0.15) is 5.26 Å². The Kier molecular flexibility index (Phi) is 4.84. The van der Waals surface area contributed by atoms with Crippen LogP contribution in [-0.4, -0.2) is 35.4 Å². The average Bonchev–Trinajstić information content (AvgIpc) is 2.60. The number of carbonyl (C=O) groups is 1. The summed E-state index contributed by atoms with van der Waals surface area (Å²) < 4.78 is 0. The van der Waals surface area contributed by atoms with E-state index >= 15 is 0 Å². The first-order valence-electron chi connectivity index (χ1n) is 8.02. The minimum atomic E-state index is -0.0265. The van der Waals surface area contributed by atoms with Gasteiger partial charge in [-0.05, 0) is 31.5 Å². The summed E-state index contributed by atoms with van der Waals surface area (Å²) in [7, 11) is 0. The highest BCUT2D eigenvalue weighted by Crippen LogP contribution is 2.23. The number of amides is 1. The van der Waals surface area contributed by atoms with E-state index in [0.29, 0.717) is 6.42 Å². The zero-order valence-corrected chi connectivity index (χ0v) is 13.0. The van der Waals surface area contributed by atoms with Crippen molar-refractivity contribution >= 4 is 22.5 Å². The van der Waals surface area contributed by atoms with Crippen LogP contribution in [0, 0.1) is 17.2 Å². The Morgan fingerprint density at radius 3 is 3.13 bits per heavy atom. The second kappa shape index (κ2) is 7.21. The third-order valence-corrected chi connectivity index (χ3v) is 4.31. The van der Waals surface area contributed by atoms with Gasteiger partial charge in [-0.25, -0.2) is 0 Å². The zero-order valence-electron chi connectivity index (χ0n) is 13.0. The first kappa shape index (κ1) is 15.4. The topological polar surface area (TPSA) is 69.0 Å². The van der Waals surface area contributed by atoms with Gasteiger partial charge in [0.1, 0.15) is 0 Å². The summed E-state index contributed by atoms with van der Waals surface area (Å²) in [5, 5.41) is 12.8. The summed E-state index contributed by atoms with van der Waals surface area (Å²) in [5.41, 5.74) is 1.59. The number of nitriles is 1. The molecule has 0 saturated carbocycles. The molecule has 0 aliphatic carbocycles. The molecule has 1 saturated heterocycles. The van der Waals surface area contributed by atoms with E-state index in [0.717, 1.165) is 49.1 Å². The highest BCUT2D eigenvalue weighted by atomic mass is 16.1. The fraction of sp³-hybridized carbons (Fsp3) is 0.389. The lowest BCUT2D eigenvalue weighted by Crippen LogP contribution is -2.41. The van der Waals surface area contributed by atoms with Crippen molar-refractivity contribution in [3.63, 3.8) is 0 Å². The van der Waals surface area contributed by atoms with E-state index < -0.39 is 0 Å². The summed E-state index contributed by atoms with van der Waals surface area (Å²) in [6.07, 6.45) is 4.15. The predicted octanol–water partition coefficient (Wildman–Crippen LogP) is 2.80.